The summed E-state index contributed by atoms with van der Waals surface area (Å²) in [6, 6.07) is 4.11. The summed E-state index contributed by atoms with van der Waals surface area (Å²) < 4.78 is 1.01. The number of hydrogen-bond acceptors (Lipinski definition) is 3. The maximum atomic E-state index is 11.7. The second-order valence-corrected chi connectivity index (χ2v) is 6.41. The molecule has 0 aromatic carbocycles. The highest BCUT2D eigenvalue weighted by Gasteiger charge is 2.41. The Morgan fingerprint density at radius 1 is 1.53 bits per heavy atom. The molecule has 4 nitrogen and oxygen atoms in total. The Morgan fingerprint density at radius 2 is 2.37 bits per heavy atom. The molecule has 0 aliphatic carbocycles. The van der Waals surface area contributed by atoms with Gasteiger partial charge in [0.2, 0.25) is 5.91 Å². The molecule has 3 rings (SSSR count). The standard InChI is InChI=1S/C14H16BrN3O/c1-9-7-14(8-13(19)17-9)4-2-11(18-14)12-6-10(15)3-5-16-12/h3,5-6,9H,2,4,7-8H2,1H3,(H,17,19)/t9-,14?/m0/s1. The van der Waals surface area contributed by atoms with Crippen molar-refractivity contribution in [2.75, 3.05) is 0 Å². The zero-order valence-electron chi connectivity index (χ0n) is 10.8. The van der Waals surface area contributed by atoms with Gasteiger partial charge in [-0.05, 0) is 38.3 Å². The van der Waals surface area contributed by atoms with E-state index in [9.17, 15) is 4.79 Å². The van der Waals surface area contributed by atoms with Crippen LogP contribution < -0.4 is 5.32 Å². The molecule has 1 N–H and O–H groups in total. The van der Waals surface area contributed by atoms with Gasteiger partial charge in [0.1, 0.15) is 0 Å². The summed E-state index contributed by atoms with van der Waals surface area (Å²) >= 11 is 3.46. The first-order valence-electron chi connectivity index (χ1n) is 6.56. The fraction of sp³-hybridized carbons (Fsp3) is 0.500. The Labute approximate surface area is 120 Å². The third-order valence-corrected chi connectivity index (χ3v) is 4.29. The average Bonchev–Trinajstić information content (AvgIpc) is 2.71. The number of carbonyl (C=O) groups excluding carboxylic acids is 1. The number of nitrogens with one attached hydrogen (secondary N) is 1. The van der Waals surface area contributed by atoms with E-state index in [1.165, 1.54) is 0 Å². The van der Waals surface area contributed by atoms with Gasteiger partial charge in [-0.3, -0.25) is 14.8 Å². The SMILES string of the molecule is C[C@H]1CC2(CCC(c3cc(Br)ccn3)=N2)CC(=O)N1. The second-order valence-electron chi connectivity index (χ2n) is 5.49. The Hall–Kier alpha value is -1.23. The van der Waals surface area contributed by atoms with Gasteiger partial charge < -0.3 is 5.32 Å². The third-order valence-electron chi connectivity index (χ3n) is 3.80. The lowest BCUT2D eigenvalue weighted by Gasteiger charge is -2.34. The second kappa shape index (κ2) is 4.71. The number of amides is 1. The summed E-state index contributed by atoms with van der Waals surface area (Å²) in [4.78, 5) is 21.0. The number of piperidine rings is 1. The van der Waals surface area contributed by atoms with E-state index in [0.29, 0.717) is 6.42 Å². The van der Waals surface area contributed by atoms with E-state index in [4.69, 9.17) is 4.99 Å². The van der Waals surface area contributed by atoms with Crippen molar-refractivity contribution < 1.29 is 4.79 Å². The maximum Gasteiger partial charge on any atom is 0.222 e. The van der Waals surface area contributed by atoms with Gasteiger partial charge in [0, 0.05) is 16.7 Å². The average molecular weight is 322 g/mol. The van der Waals surface area contributed by atoms with E-state index >= 15 is 0 Å². The molecule has 19 heavy (non-hydrogen) atoms. The van der Waals surface area contributed by atoms with Gasteiger partial charge in [0.05, 0.1) is 23.4 Å². The van der Waals surface area contributed by atoms with E-state index in [1.807, 2.05) is 19.1 Å². The van der Waals surface area contributed by atoms with Gasteiger partial charge in [0.25, 0.3) is 0 Å². The number of pyridine rings is 1. The lowest BCUT2D eigenvalue weighted by Crippen LogP contribution is -2.48. The molecule has 1 spiro atoms. The summed E-state index contributed by atoms with van der Waals surface area (Å²) in [6.07, 6.45) is 5.08. The first-order valence-corrected chi connectivity index (χ1v) is 7.36. The van der Waals surface area contributed by atoms with Crippen molar-refractivity contribution in [3.8, 4) is 0 Å². The van der Waals surface area contributed by atoms with Gasteiger partial charge >= 0.3 is 0 Å². The van der Waals surface area contributed by atoms with Gasteiger partial charge in [-0.1, -0.05) is 15.9 Å². The molecular weight excluding hydrogens is 306 g/mol. The summed E-state index contributed by atoms with van der Waals surface area (Å²) in [5.74, 6) is 0.117. The summed E-state index contributed by atoms with van der Waals surface area (Å²) in [7, 11) is 0. The molecule has 3 heterocycles. The number of aromatic nitrogens is 1. The lowest BCUT2D eigenvalue weighted by atomic mass is 9.83. The summed E-state index contributed by atoms with van der Waals surface area (Å²) in [5, 5.41) is 2.96. The summed E-state index contributed by atoms with van der Waals surface area (Å²) in [5.41, 5.74) is 1.76. The Morgan fingerprint density at radius 3 is 3.11 bits per heavy atom. The third kappa shape index (κ3) is 2.56. The Kier molecular flexibility index (Phi) is 3.17. The van der Waals surface area contributed by atoms with E-state index in [0.717, 1.165) is 35.1 Å². The fourth-order valence-corrected chi connectivity index (χ4v) is 3.43. The number of halogens is 1. The molecule has 100 valence electrons. The van der Waals surface area contributed by atoms with E-state index in [1.54, 1.807) is 6.20 Å². The first kappa shape index (κ1) is 12.8. The molecule has 2 atom stereocenters. The van der Waals surface area contributed by atoms with Crippen LogP contribution in [0.5, 0.6) is 0 Å². The van der Waals surface area contributed by atoms with Crippen LogP contribution in [-0.4, -0.2) is 28.2 Å². The van der Waals surface area contributed by atoms with E-state index in [-0.39, 0.29) is 17.5 Å². The van der Waals surface area contributed by atoms with Crippen LogP contribution >= 0.6 is 15.9 Å². The smallest absolute Gasteiger partial charge is 0.222 e. The monoisotopic (exact) mass is 321 g/mol. The first-order chi connectivity index (χ1) is 9.06. The molecule has 0 saturated carbocycles. The van der Waals surface area contributed by atoms with Crippen molar-refractivity contribution in [1.29, 1.82) is 0 Å². The quantitative estimate of drug-likeness (QED) is 0.863. The molecule has 2 aliphatic heterocycles. The van der Waals surface area contributed by atoms with Gasteiger partial charge in [-0.2, -0.15) is 0 Å². The maximum absolute atomic E-state index is 11.7. The molecule has 1 aromatic rings. The molecule has 1 aromatic heterocycles. The molecule has 1 amide bonds. The molecule has 1 saturated heterocycles. The molecular formula is C14H16BrN3O. The van der Waals surface area contributed by atoms with E-state index < -0.39 is 0 Å². The van der Waals surface area contributed by atoms with E-state index in [2.05, 4.69) is 26.2 Å². The van der Waals surface area contributed by atoms with Crippen LogP contribution in [0.15, 0.2) is 27.8 Å². The van der Waals surface area contributed by atoms with Crippen LogP contribution in [0.1, 0.15) is 38.3 Å². The predicted molar refractivity (Wildman–Crippen MR) is 77.3 cm³/mol. The molecule has 1 fully saturated rings. The number of hydrogen-bond donors (Lipinski definition) is 1. The minimum atomic E-state index is -0.193. The van der Waals surface area contributed by atoms with Crippen LogP contribution in [0.2, 0.25) is 0 Å². The Bertz CT molecular complexity index is 557. The molecule has 1 unspecified atom stereocenters. The zero-order valence-corrected chi connectivity index (χ0v) is 12.4. The molecule has 2 aliphatic rings. The van der Waals surface area contributed by atoms with Gasteiger partial charge in [0.15, 0.2) is 0 Å². The van der Waals surface area contributed by atoms with Crippen LogP contribution in [-0.2, 0) is 4.79 Å². The Balaban J connectivity index is 1.90. The van der Waals surface area contributed by atoms with Crippen molar-refractivity contribution >= 4 is 27.5 Å². The topological polar surface area (TPSA) is 54.4 Å². The number of rotatable bonds is 1. The molecule has 5 heteroatoms. The number of aliphatic imine (C=N–C) groups is 1. The lowest BCUT2D eigenvalue weighted by molar-refractivity contribution is -0.124. The largest absolute Gasteiger partial charge is 0.353 e. The zero-order chi connectivity index (χ0) is 13.5. The highest BCUT2D eigenvalue weighted by Crippen LogP contribution is 2.37. The van der Waals surface area contributed by atoms with Crippen molar-refractivity contribution in [3.63, 3.8) is 0 Å². The van der Waals surface area contributed by atoms with Crippen LogP contribution in [0.4, 0.5) is 0 Å². The predicted octanol–water partition coefficient (Wildman–Crippen LogP) is 2.46. The van der Waals surface area contributed by atoms with Crippen molar-refractivity contribution in [2.45, 2.75) is 44.2 Å². The van der Waals surface area contributed by atoms with Crippen molar-refractivity contribution in [3.05, 3.63) is 28.5 Å². The number of nitrogens with zero attached hydrogens (tertiary/aromatic N) is 2. The minimum Gasteiger partial charge on any atom is -0.353 e. The van der Waals surface area contributed by atoms with Crippen LogP contribution in [0.25, 0.3) is 0 Å². The van der Waals surface area contributed by atoms with Gasteiger partial charge in [-0.25, -0.2) is 0 Å². The normalized spacial score (nSPS) is 30.3. The van der Waals surface area contributed by atoms with Gasteiger partial charge in [-0.15, -0.1) is 0 Å². The molecule has 0 radical (unpaired) electrons. The number of carbonyl (C=O) groups is 1. The summed E-state index contributed by atoms with van der Waals surface area (Å²) in [6.45, 7) is 2.05. The van der Waals surface area contributed by atoms with Crippen molar-refractivity contribution in [1.82, 2.24) is 10.3 Å². The fourth-order valence-electron chi connectivity index (χ4n) is 3.09. The molecule has 0 bridgehead atoms. The minimum absolute atomic E-state index is 0.117. The van der Waals surface area contributed by atoms with Crippen LogP contribution in [0, 0.1) is 0 Å². The highest BCUT2D eigenvalue weighted by molar-refractivity contribution is 9.10. The van der Waals surface area contributed by atoms with Crippen LogP contribution in [0.3, 0.4) is 0 Å². The van der Waals surface area contributed by atoms with Crippen molar-refractivity contribution in [2.24, 2.45) is 4.99 Å². The highest BCUT2D eigenvalue weighted by atomic mass is 79.9.